The zero-order valence-electron chi connectivity index (χ0n) is 21.5. The second-order valence-electron chi connectivity index (χ2n) is 9.78. The Labute approximate surface area is 225 Å². The van der Waals surface area contributed by atoms with Crippen LogP contribution in [-0.2, 0) is 29.1 Å². The van der Waals surface area contributed by atoms with Crippen LogP contribution in [0.2, 0.25) is 0 Å². The van der Waals surface area contributed by atoms with Crippen LogP contribution in [0.3, 0.4) is 0 Å². The number of rotatable bonds is 6. The molecule has 4 amide bonds. The molecule has 10 heteroatoms. The zero-order valence-corrected chi connectivity index (χ0v) is 21.5. The van der Waals surface area contributed by atoms with Crippen LogP contribution in [0.1, 0.15) is 16.7 Å². The first-order valence-electron chi connectivity index (χ1n) is 12.7. The van der Waals surface area contributed by atoms with E-state index in [2.05, 4.69) is 5.32 Å². The van der Waals surface area contributed by atoms with Crippen molar-refractivity contribution in [2.24, 2.45) is 0 Å². The summed E-state index contributed by atoms with van der Waals surface area (Å²) in [5.41, 5.74) is 2.34. The summed E-state index contributed by atoms with van der Waals surface area (Å²) in [6.07, 6.45) is -0.465. The average Bonchev–Trinajstić information content (AvgIpc) is 2.92. The predicted molar refractivity (Wildman–Crippen MR) is 139 cm³/mol. The molecule has 0 bridgehead atoms. The molecular weight excluding hydrogens is 504 g/mol. The van der Waals surface area contributed by atoms with Crippen LogP contribution < -0.4 is 5.32 Å². The highest BCUT2D eigenvalue weighted by Gasteiger charge is 2.50. The molecule has 2 heterocycles. The molecule has 2 aliphatic rings. The van der Waals surface area contributed by atoms with Crippen LogP contribution in [0, 0.1) is 11.6 Å². The van der Waals surface area contributed by atoms with Gasteiger partial charge in [0.05, 0.1) is 13.1 Å². The number of carbonyl (C=O) groups excluding carboxylic acids is 3. The first-order valence-corrected chi connectivity index (χ1v) is 12.7. The molecule has 2 saturated heterocycles. The number of likely N-dealkylation sites (N-methyl/N-ethyl adjacent to an activating group) is 1. The van der Waals surface area contributed by atoms with Crippen molar-refractivity contribution in [3.63, 3.8) is 0 Å². The van der Waals surface area contributed by atoms with Crippen molar-refractivity contribution in [3.05, 3.63) is 107 Å². The maximum absolute atomic E-state index is 13.8. The van der Waals surface area contributed by atoms with Gasteiger partial charge in [0.15, 0.2) is 0 Å². The monoisotopic (exact) mass is 533 g/mol. The fourth-order valence-electron chi connectivity index (χ4n) is 5.16. The minimum atomic E-state index is -0.819. The van der Waals surface area contributed by atoms with E-state index in [9.17, 15) is 23.2 Å². The summed E-state index contributed by atoms with van der Waals surface area (Å²) in [5, 5.41) is 5.87. The van der Waals surface area contributed by atoms with Gasteiger partial charge >= 0.3 is 6.03 Å². The zero-order chi connectivity index (χ0) is 27.5. The highest BCUT2D eigenvalue weighted by Crippen LogP contribution is 2.28. The lowest BCUT2D eigenvalue weighted by molar-refractivity contribution is -0.187. The smallest absolute Gasteiger partial charge is 0.333 e. The number of hydrogen-bond donors (Lipinski definition) is 1. The number of piperazine rings is 1. The van der Waals surface area contributed by atoms with Crippen molar-refractivity contribution < 1.29 is 23.2 Å². The summed E-state index contributed by atoms with van der Waals surface area (Å²) in [7, 11) is 1.65. The van der Waals surface area contributed by atoms with Crippen LogP contribution in [0.15, 0.2) is 78.9 Å². The van der Waals surface area contributed by atoms with E-state index in [-0.39, 0.29) is 56.0 Å². The number of carbonyl (C=O) groups is 3. The van der Waals surface area contributed by atoms with Crippen LogP contribution in [0.25, 0.3) is 0 Å². The molecule has 5 rings (SSSR count). The number of nitrogens with one attached hydrogen (secondary N) is 1. The summed E-state index contributed by atoms with van der Waals surface area (Å²) in [6.45, 7) is 0.381. The molecule has 202 valence electrons. The highest BCUT2D eigenvalue weighted by molar-refractivity contribution is 5.91. The van der Waals surface area contributed by atoms with Crippen molar-refractivity contribution in [1.29, 1.82) is 0 Å². The molecule has 0 aliphatic carbocycles. The number of fused-ring (bicyclic) bond motifs is 1. The molecule has 8 nitrogen and oxygen atoms in total. The Bertz CT molecular complexity index is 1340. The van der Waals surface area contributed by atoms with Gasteiger partial charge in [0, 0.05) is 26.6 Å². The lowest BCUT2D eigenvalue weighted by atomic mass is 9.98. The lowest BCUT2D eigenvalue weighted by Crippen LogP contribution is -2.76. The number of nitrogens with zero attached hydrogens (tertiary/aromatic N) is 4. The molecule has 2 fully saturated rings. The highest BCUT2D eigenvalue weighted by atomic mass is 19.1. The lowest BCUT2D eigenvalue weighted by Gasteiger charge is -2.54. The number of urea groups is 1. The van der Waals surface area contributed by atoms with E-state index >= 15 is 0 Å². The van der Waals surface area contributed by atoms with Crippen molar-refractivity contribution >= 4 is 17.8 Å². The van der Waals surface area contributed by atoms with E-state index in [1.54, 1.807) is 41.2 Å². The van der Waals surface area contributed by atoms with E-state index in [0.717, 1.165) is 16.7 Å². The Morgan fingerprint density at radius 3 is 2.13 bits per heavy atom. The fourth-order valence-corrected chi connectivity index (χ4v) is 5.16. The summed E-state index contributed by atoms with van der Waals surface area (Å²) < 4.78 is 26.8. The Morgan fingerprint density at radius 1 is 0.872 bits per heavy atom. The Balaban J connectivity index is 1.44. The first kappa shape index (κ1) is 26.3. The predicted octanol–water partition coefficient (Wildman–Crippen LogP) is 3.15. The topological polar surface area (TPSA) is 76.2 Å². The van der Waals surface area contributed by atoms with Gasteiger partial charge in [-0.2, -0.15) is 0 Å². The standard InChI is InChI=1S/C29H29F2N5O3/c1-33-19-27(37)35-25(15-20-5-3-2-4-6-20)28(38)34(17-22-9-13-24(31)14-10-22)18-26(35)36(33)29(39)32-16-21-7-11-23(30)12-8-21/h2-14,25-26H,15-19H2,1H3,(H,32,39)/t25-,26?/m0/s1. The second-order valence-corrected chi connectivity index (χ2v) is 9.78. The van der Waals surface area contributed by atoms with Gasteiger partial charge in [0.1, 0.15) is 23.8 Å². The summed E-state index contributed by atoms with van der Waals surface area (Å²) in [4.78, 5) is 43.8. The van der Waals surface area contributed by atoms with E-state index in [4.69, 9.17) is 0 Å². The third-order valence-corrected chi connectivity index (χ3v) is 7.06. The quantitative estimate of drug-likeness (QED) is 0.529. The van der Waals surface area contributed by atoms with Crippen molar-refractivity contribution in [2.45, 2.75) is 31.7 Å². The van der Waals surface area contributed by atoms with Gasteiger partial charge in [-0.05, 0) is 41.0 Å². The largest absolute Gasteiger partial charge is 0.334 e. The first-order chi connectivity index (χ1) is 18.8. The van der Waals surface area contributed by atoms with Gasteiger partial charge in [-0.1, -0.05) is 54.6 Å². The number of halogens is 2. The Morgan fingerprint density at radius 2 is 1.49 bits per heavy atom. The molecule has 0 radical (unpaired) electrons. The molecule has 0 aromatic heterocycles. The molecule has 0 saturated carbocycles. The number of hydrogen-bond acceptors (Lipinski definition) is 4. The van der Waals surface area contributed by atoms with Gasteiger partial charge in [-0.3, -0.25) is 9.59 Å². The minimum Gasteiger partial charge on any atom is -0.333 e. The molecule has 2 aliphatic heterocycles. The SMILES string of the molecule is CN1CC(=O)N2C(CN(Cc3ccc(F)cc3)C(=O)[C@@H]2Cc2ccccc2)N1C(=O)NCc1ccc(F)cc1. The average molecular weight is 534 g/mol. The van der Waals surface area contributed by atoms with Crippen molar-refractivity contribution in [1.82, 2.24) is 25.1 Å². The van der Waals surface area contributed by atoms with Crippen molar-refractivity contribution in [3.8, 4) is 0 Å². The molecule has 0 spiro atoms. The van der Waals surface area contributed by atoms with Crippen LogP contribution >= 0.6 is 0 Å². The fraction of sp³-hybridized carbons (Fsp3) is 0.276. The van der Waals surface area contributed by atoms with E-state index in [1.807, 2.05) is 30.3 Å². The second kappa shape index (κ2) is 11.2. The molecule has 1 N–H and O–H groups in total. The molecular formula is C29H29F2N5O3. The molecule has 39 heavy (non-hydrogen) atoms. The van der Waals surface area contributed by atoms with Crippen molar-refractivity contribution in [2.75, 3.05) is 20.1 Å². The van der Waals surface area contributed by atoms with Gasteiger partial charge in [-0.15, -0.1) is 0 Å². The van der Waals surface area contributed by atoms with Gasteiger partial charge in [0.25, 0.3) is 0 Å². The summed E-state index contributed by atoms with van der Waals surface area (Å²) in [5.74, 6) is -1.22. The number of hydrazine groups is 1. The molecule has 1 unspecified atom stereocenters. The maximum atomic E-state index is 13.8. The van der Waals surface area contributed by atoms with E-state index in [0.29, 0.717) is 0 Å². The van der Waals surface area contributed by atoms with Gasteiger partial charge < -0.3 is 15.1 Å². The number of benzene rings is 3. The van der Waals surface area contributed by atoms with E-state index < -0.39 is 18.2 Å². The Kier molecular flexibility index (Phi) is 7.56. The van der Waals surface area contributed by atoms with Gasteiger partial charge in [-0.25, -0.2) is 23.6 Å². The normalized spacial score (nSPS) is 19.7. The maximum Gasteiger partial charge on any atom is 0.334 e. The van der Waals surface area contributed by atoms with Crippen LogP contribution in [-0.4, -0.2) is 70.0 Å². The van der Waals surface area contributed by atoms with Gasteiger partial charge in [0.2, 0.25) is 11.8 Å². The van der Waals surface area contributed by atoms with Crippen LogP contribution in [0.4, 0.5) is 13.6 Å². The molecule has 3 aromatic rings. The minimum absolute atomic E-state index is 0.0724. The Hall–Kier alpha value is -4.31. The molecule has 2 atom stereocenters. The van der Waals surface area contributed by atoms with Crippen LogP contribution in [0.5, 0.6) is 0 Å². The third kappa shape index (κ3) is 5.75. The summed E-state index contributed by atoms with van der Waals surface area (Å²) in [6, 6.07) is 19.9. The molecule has 3 aromatic carbocycles. The third-order valence-electron chi connectivity index (χ3n) is 7.06. The van der Waals surface area contributed by atoms with E-state index in [1.165, 1.54) is 34.2 Å². The number of amides is 4. The summed E-state index contributed by atoms with van der Waals surface area (Å²) >= 11 is 0.